The van der Waals surface area contributed by atoms with Gasteiger partial charge in [0.15, 0.2) is 0 Å². The van der Waals surface area contributed by atoms with E-state index in [-0.39, 0.29) is 50.8 Å². The van der Waals surface area contributed by atoms with Gasteiger partial charge in [-0.05, 0) is 64.4 Å². The second-order valence-electron chi connectivity index (χ2n) is 14.0. The summed E-state index contributed by atoms with van der Waals surface area (Å²) in [5.74, 6) is 0.503. The molecule has 314 valence electrons. The Kier molecular flexibility index (Phi) is 21.9. The van der Waals surface area contributed by atoms with Crippen molar-refractivity contribution in [2.75, 3.05) is 5.34 Å². The SMILES string of the molecule is CC.CC.CCC(C)c1ccc2c(sc3ccccc32)c1-c1ccc2ccccc2n1.CCCC.ClCCl.[Sr+2].[c-]1ccc2c(sc3ccccc32)c1-c1ccc2ccccc2[nH+]1. The number of nitrogens with one attached hydrogen (secondary N) is 1. The molecule has 0 saturated heterocycles. The van der Waals surface area contributed by atoms with Gasteiger partial charge in [0, 0.05) is 47.3 Å². The van der Waals surface area contributed by atoms with E-state index in [0.29, 0.717) is 5.92 Å². The molecule has 4 heterocycles. The minimum absolute atomic E-state index is 0. The van der Waals surface area contributed by atoms with Crippen molar-refractivity contribution in [3.8, 4) is 22.5 Å². The first-order valence-corrected chi connectivity index (χ1v) is 24.3. The van der Waals surface area contributed by atoms with Crippen molar-refractivity contribution >= 4 is 154 Å². The predicted molar refractivity (Wildman–Crippen MR) is 282 cm³/mol. The van der Waals surface area contributed by atoms with E-state index in [1.165, 1.54) is 75.1 Å². The Balaban J connectivity index is 0.000000221. The Morgan fingerprint density at radius 2 is 1.15 bits per heavy atom. The molecule has 0 amide bonds. The van der Waals surface area contributed by atoms with Crippen LogP contribution >= 0.6 is 45.9 Å². The number of hydrogen-bond acceptors (Lipinski definition) is 3. The molecular formula is C55H58Cl2N2S2Sr+2. The average molecular weight is 970 g/mol. The van der Waals surface area contributed by atoms with Gasteiger partial charge in [0.25, 0.3) is 0 Å². The molecule has 0 bridgehead atoms. The summed E-state index contributed by atoms with van der Waals surface area (Å²) < 4.78 is 5.32. The monoisotopic (exact) mass is 968 g/mol. The Labute approximate surface area is 424 Å². The van der Waals surface area contributed by atoms with Crippen molar-refractivity contribution in [2.24, 2.45) is 0 Å². The van der Waals surface area contributed by atoms with Gasteiger partial charge in [-0.25, -0.2) is 9.97 Å². The van der Waals surface area contributed by atoms with Gasteiger partial charge in [-0.2, -0.15) is 11.3 Å². The number of nitrogens with zero attached hydrogens (tertiary/aromatic N) is 1. The Morgan fingerprint density at radius 1 is 0.597 bits per heavy atom. The molecule has 0 fully saturated rings. The minimum Gasteiger partial charge on any atom is -0.248 e. The molecule has 1 N–H and O–H groups in total. The van der Waals surface area contributed by atoms with Crippen LogP contribution in [-0.2, 0) is 0 Å². The van der Waals surface area contributed by atoms with Gasteiger partial charge >= 0.3 is 45.5 Å². The molecule has 1 unspecified atom stereocenters. The first-order chi connectivity index (χ1) is 30.0. The van der Waals surface area contributed by atoms with Crippen LogP contribution < -0.4 is 4.98 Å². The molecule has 10 rings (SSSR count). The third-order valence-corrected chi connectivity index (χ3v) is 12.8. The van der Waals surface area contributed by atoms with E-state index in [2.05, 4.69) is 178 Å². The minimum atomic E-state index is 0. The number of rotatable bonds is 5. The summed E-state index contributed by atoms with van der Waals surface area (Å²) in [4.78, 5) is 8.60. The second kappa shape index (κ2) is 26.4. The second-order valence-corrected chi connectivity index (χ2v) is 16.9. The number of thiophene rings is 2. The van der Waals surface area contributed by atoms with Crippen molar-refractivity contribution in [3.63, 3.8) is 0 Å². The third kappa shape index (κ3) is 12.0. The summed E-state index contributed by atoms with van der Waals surface area (Å²) in [5, 5.41) is 7.92. The fourth-order valence-electron chi connectivity index (χ4n) is 7.06. The zero-order chi connectivity index (χ0) is 43.7. The van der Waals surface area contributed by atoms with Gasteiger partial charge in [0.05, 0.1) is 16.5 Å². The van der Waals surface area contributed by atoms with Gasteiger partial charge in [0.1, 0.15) is 5.69 Å². The molecule has 10 aromatic rings. The number of para-hydroxylation sites is 2. The average Bonchev–Trinajstić information content (AvgIpc) is 3.91. The number of hydrogen-bond donors (Lipinski definition) is 0. The maximum Gasteiger partial charge on any atom is 2.00 e. The topological polar surface area (TPSA) is 27.0 Å². The van der Waals surface area contributed by atoms with E-state index >= 15 is 0 Å². The molecule has 6 aromatic carbocycles. The fraction of sp³-hybridized carbons (Fsp3) is 0.236. The summed E-state index contributed by atoms with van der Waals surface area (Å²) in [6.07, 6.45) is 3.76. The van der Waals surface area contributed by atoms with E-state index in [0.717, 1.165) is 34.4 Å². The van der Waals surface area contributed by atoms with Crippen molar-refractivity contribution in [2.45, 2.75) is 80.6 Å². The predicted octanol–water partition coefficient (Wildman–Crippen LogP) is 18.2. The van der Waals surface area contributed by atoms with E-state index in [1.54, 1.807) is 0 Å². The van der Waals surface area contributed by atoms with E-state index < -0.39 is 0 Å². The molecule has 0 aliphatic heterocycles. The van der Waals surface area contributed by atoms with Gasteiger partial charge in [-0.15, -0.1) is 52.7 Å². The van der Waals surface area contributed by atoms with Crippen LogP contribution in [0.4, 0.5) is 0 Å². The van der Waals surface area contributed by atoms with Crippen LogP contribution in [0.5, 0.6) is 0 Å². The number of fused-ring (bicyclic) bond motifs is 8. The fourth-order valence-corrected chi connectivity index (χ4v) is 9.54. The molecule has 0 radical (unpaired) electrons. The molecule has 62 heavy (non-hydrogen) atoms. The van der Waals surface area contributed by atoms with Gasteiger partial charge in [0.2, 0.25) is 5.52 Å². The molecule has 0 saturated carbocycles. The summed E-state index contributed by atoms with van der Waals surface area (Å²) in [6, 6.07) is 55.0. The number of halogens is 2. The summed E-state index contributed by atoms with van der Waals surface area (Å²) >= 11 is 13.3. The summed E-state index contributed by atoms with van der Waals surface area (Å²) in [6.45, 7) is 16.9. The number of aromatic nitrogens is 2. The smallest absolute Gasteiger partial charge is 0.248 e. The van der Waals surface area contributed by atoms with Crippen LogP contribution in [0.1, 0.15) is 86.1 Å². The Hall–Kier alpha value is -3.36. The number of unbranched alkanes of at least 4 members (excludes halogenated alkanes) is 1. The summed E-state index contributed by atoms with van der Waals surface area (Å²) in [7, 11) is 0. The van der Waals surface area contributed by atoms with Gasteiger partial charge in [-0.3, -0.25) is 0 Å². The normalized spacial score (nSPS) is 10.8. The number of benzene rings is 6. The molecule has 0 aliphatic carbocycles. The van der Waals surface area contributed by atoms with Crippen LogP contribution in [0.3, 0.4) is 0 Å². The quantitative estimate of drug-likeness (QED) is 0.0959. The molecule has 4 aromatic heterocycles. The summed E-state index contributed by atoms with van der Waals surface area (Å²) in [5.41, 5.74) is 8.27. The first kappa shape index (κ1) is 51.3. The largest absolute Gasteiger partial charge is 2.00 e. The number of alkyl halides is 2. The molecule has 1 atom stereocenters. The van der Waals surface area contributed by atoms with Crippen molar-refractivity contribution in [1.82, 2.24) is 4.98 Å². The van der Waals surface area contributed by atoms with E-state index in [1.807, 2.05) is 56.4 Å². The first-order valence-electron chi connectivity index (χ1n) is 21.6. The van der Waals surface area contributed by atoms with E-state index in [4.69, 9.17) is 28.2 Å². The number of aromatic amines is 1. The number of H-pyrrole nitrogens is 1. The van der Waals surface area contributed by atoms with E-state index in [9.17, 15) is 0 Å². The number of pyridine rings is 2. The maximum absolute atomic E-state index is 5.05. The van der Waals surface area contributed by atoms with Crippen molar-refractivity contribution in [1.29, 1.82) is 0 Å². The van der Waals surface area contributed by atoms with Crippen LogP contribution in [0, 0.1) is 6.07 Å². The zero-order valence-corrected chi connectivity index (χ0v) is 44.1. The van der Waals surface area contributed by atoms with Gasteiger partial charge in [-0.1, -0.05) is 170 Å². The van der Waals surface area contributed by atoms with Crippen LogP contribution in [0.15, 0.2) is 146 Å². The van der Waals surface area contributed by atoms with Gasteiger partial charge < -0.3 is 0 Å². The van der Waals surface area contributed by atoms with Crippen molar-refractivity contribution < 1.29 is 4.98 Å². The van der Waals surface area contributed by atoms with Crippen LogP contribution in [0.25, 0.3) is 84.7 Å². The Morgan fingerprint density at radius 3 is 1.79 bits per heavy atom. The standard InChI is InChI=1S/C25H21NS.C21H12NS.C4H10.2C2H6.CH2Cl2.Sr/c1-3-16(2)18-13-14-20-19-9-5-7-11-23(19)27-25(20)24(18)22-15-12-17-8-4-6-10-21(17)26-22;1-3-10-18-14(6-1)12-13-19(22-18)17-9-5-8-16-15-7-2-4-11-20(15)23-21(16)17;1-3-4-2;2*1-2;2-1-3;/h4-16H,3H2,1-2H3;1-8,10-13H;3-4H2,1-2H3;2*1-2H3;1H2;/q;-1;;;;;+2/p+1. The molecule has 0 aliphatic rings. The van der Waals surface area contributed by atoms with Crippen LogP contribution in [0.2, 0.25) is 0 Å². The Bertz CT molecular complexity index is 2920. The maximum atomic E-state index is 5.05. The third-order valence-electron chi connectivity index (χ3n) is 10.3. The van der Waals surface area contributed by atoms with Crippen LogP contribution in [-0.4, -0.2) is 55.8 Å². The molecule has 0 spiro atoms. The zero-order valence-electron chi connectivity index (χ0n) is 37.5. The molecule has 2 nitrogen and oxygen atoms in total. The van der Waals surface area contributed by atoms with Crippen molar-refractivity contribution in [3.05, 3.63) is 157 Å². The molecule has 7 heteroatoms. The molecular weight excluding hydrogens is 911 g/mol.